The van der Waals surface area contributed by atoms with E-state index in [2.05, 4.69) is 4.74 Å². The maximum absolute atomic E-state index is 11.5. The van der Waals surface area contributed by atoms with Crippen LogP contribution in [0.4, 0.5) is 0 Å². The first-order valence-corrected chi connectivity index (χ1v) is 5.96. The normalized spacial score (nSPS) is 11.8. The quantitative estimate of drug-likeness (QED) is 0.504. The molecule has 0 amide bonds. The Balaban J connectivity index is 2.62. The van der Waals surface area contributed by atoms with E-state index in [1.165, 1.54) is 18.4 Å². The third kappa shape index (κ3) is 2.03. The molecule has 4 heteroatoms. The topological polar surface area (TPSA) is 46.5 Å². The lowest BCUT2D eigenvalue weighted by Gasteiger charge is -2.03. The summed E-state index contributed by atoms with van der Waals surface area (Å²) in [5, 5.41) is 12.0. The molecule has 0 aliphatic carbocycles. The first-order valence-electron chi connectivity index (χ1n) is 5.08. The lowest BCUT2D eigenvalue weighted by atomic mass is 10.0. The molecule has 0 aliphatic heterocycles. The van der Waals surface area contributed by atoms with Crippen molar-refractivity contribution in [2.24, 2.45) is 0 Å². The molecule has 0 spiro atoms. The summed E-state index contributed by atoms with van der Waals surface area (Å²) < 4.78 is 5.72. The smallest absolute Gasteiger partial charge is 0.341 e. The van der Waals surface area contributed by atoms with Crippen molar-refractivity contribution in [3.63, 3.8) is 0 Å². The highest BCUT2D eigenvalue weighted by molar-refractivity contribution is 7.17. The van der Waals surface area contributed by atoms with Gasteiger partial charge in [-0.05, 0) is 19.1 Å². The van der Waals surface area contributed by atoms with E-state index in [-0.39, 0.29) is 5.57 Å². The van der Waals surface area contributed by atoms with Gasteiger partial charge in [-0.15, -0.1) is 11.3 Å². The van der Waals surface area contributed by atoms with Crippen molar-refractivity contribution < 1.29 is 14.6 Å². The van der Waals surface area contributed by atoms with Crippen LogP contribution in [0.1, 0.15) is 11.1 Å². The van der Waals surface area contributed by atoms with Gasteiger partial charge in [0.05, 0.1) is 13.4 Å². The largest absolute Gasteiger partial charge is 0.515 e. The zero-order chi connectivity index (χ0) is 12.4. The lowest BCUT2D eigenvalue weighted by molar-refractivity contribution is -0.133. The van der Waals surface area contributed by atoms with Crippen molar-refractivity contribution in [2.75, 3.05) is 7.11 Å². The number of benzene rings is 1. The van der Waals surface area contributed by atoms with E-state index in [9.17, 15) is 4.79 Å². The highest BCUT2D eigenvalue weighted by Gasteiger charge is 2.16. The third-order valence-corrected chi connectivity index (χ3v) is 3.52. The van der Waals surface area contributed by atoms with E-state index in [0.717, 1.165) is 21.9 Å². The third-order valence-electron chi connectivity index (χ3n) is 2.55. The van der Waals surface area contributed by atoms with E-state index in [4.69, 9.17) is 5.11 Å². The summed E-state index contributed by atoms with van der Waals surface area (Å²) >= 11 is 1.53. The molecule has 0 saturated heterocycles. The van der Waals surface area contributed by atoms with Gasteiger partial charge in [0.15, 0.2) is 0 Å². The van der Waals surface area contributed by atoms with E-state index in [0.29, 0.717) is 5.56 Å². The molecule has 17 heavy (non-hydrogen) atoms. The van der Waals surface area contributed by atoms with E-state index in [1.54, 1.807) is 0 Å². The summed E-state index contributed by atoms with van der Waals surface area (Å²) in [4.78, 5) is 11.5. The van der Waals surface area contributed by atoms with Crippen LogP contribution in [-0.4, -0.2) is 18.2 Å². The molecular weight excluding hydrogens is 236 g/mol. The second-order valence-electron chi connectivity index (χ2n) is 3.68. The predicted octanol–water partition coefficient (Wildman–Crippen LogP) is 3.28. The number of aliphatic hydroxyl groups is 1. The second-order valence-corrected chi connectivity index (χ2v) is 4.59. The van der Waals surface area contributed by atoms with Gasteiger partial charge in [0.25, 0.3) is 0 Å². The van der Waals surface area contributed by atoms with Crippen LogP contribution < -0.4 is 0 Å². The van der Waals surface area contributed by atoms with Crippen molar-refractivity contribution in [3.8, 4) is 0 Å². The average Bonchev–Trinajstić information content (AvgIpc) is 2.73. The summed E-state index contributed by atoms with van der Waals surface area (Å²) in [6, 6.07) is 6.02. The lowest BCUT2D eigenvalue weighted by Crippen LogP contribution is -2.03. The van der Waals surface area contributed by atoms with Crippen LogP contribution in [0, 0.1) is 6.92 Å². The molecule has 0 atom stereocenters. The Morgan fingerprint density at radius 3 is 2.88 bits per heavy atom. The molecule has 0 unspecified atom stereocenters. The van der Waals surface area contributed by atoms with Gasteiger partial charge in [-0.3, -0.25) is 0 Å². The number of aryl methyl sites for hydroxylation is 1. The maximum atomic E-state index is 11.5. The van der Waals surface area contributed by atoms with Crippen LogP contribution in [0.3, 0.4) is 0 Å². The van der Waals surface area contributed by atoms with Crippen molar-refractivity contribution in [1.29, 1.82) is 0 Å². The van der Waals surface area contributed by atoms with E-state index < -0.39 is 5.97 Å². The number of thiophene rings is 1. The molecule has 3 nitrogen and oxygen atoms in total. The average molecular weight is 248 g/mol. The molecular formula is C13H12O3S. The van der Waals surface area contributed by atoms with Crippen LogP contribution in [0.5, 0.6) is 0 Å². The van der Waals surface area contributed by atoms with Crippen molar-refractivity contribution >= 4 is 33.0 Å². The molecule has 1 heterocycles. The minimum absolute atomic E-state index is 0.185. The number of hydrogen-bond donors (Lipinski definition) is 1. The Morgan fingerprint density at radius 1 is 1.47 bits per heavy atom. The molecule has 2 aromatic rings. The zero-order valence-electron chi connectivity index (χ0n) is 9.56. The maximum Gasteiger partial charge on any atom is 0.341 e. The Bertz CT molecular complexity index is 596. The molecule has 0 radical (unpaired) electrons. The Labute approximate surface area is 103 Å². The van der Waals surface area contributed by atoms with Gasteiger partial charge in [-0.2, -0.15) is 0 Å². The van der Waals surface area contributed by atoms with Gasteiger partial charge < -0.3 is 9.84 Å². The number of rotatable bonds is 2. The summed E-state index contributed by atoms with van der Waals surface area (Å²) in [6.45, 7) is 1.99. The fraction of sp³-hybridized carbons (Fsp3) is 0.154. The van der Waals surface area contributed by atoms with Crippen molar-refractivity contribution in [2.45, 2.75) is 6.92 Å². The monoisotopic (exact) mass is 248 g/mol. The molecule has 0 saturated carbocycles. The van der Waals surface area contributed by atoms with Gasteiger partial charge >= 0.3 is 5.97 Å². The summed E-state index contributed by atoms with van der Waals surface area (Å²) in [7, 11) is 1.30. The van der Waals surface area contributed by atoms with Gasteiger partial charge in [0.2, 0.25) is 0 Å². The second kappa shape index (κ2) is 4.59. The van der Waals surface area contributed by atoms with Gasteiger partial charge in [0, 0.05) is 21.0 Å². The number of ether oxygens (including phenoxy) is 1. The molecule has 0 aliphatic rings. The van der Waals surface area contributed by atoms with Crippen LogP contribution in [0.25, 0.3) is 15.7 Å². The molecule has 0 fully saturated rings. The number of carbonyl (C=O) groups is 1. The summed E-state index contributed by atoms with van der Waals surface area (Å²) in [5.74, 6) is -0.534. The number of hydrogen-bond acceptors (Lipinski definition) is 4. The number of aliphatic hydroxyl groups excluding tert-OH is 1. The Morgan fingerprint density at radius 2 is 2.24 bits per heavy atom. The molecule has 88 valence electrons. The predicted molar refractivity (Wildman–Crippen MR) is 69.2 cm³/mol. The minimum Gasteiger partial charge on any atom is -0.515 e. The summed E-state index contributed by atoms with van der Waals surface area (Å²) in [5.41, 5.74) is 2.01. The van der Waals surface area contributed by atoms with Crippen LogP contribution in [-0.2, 0) is 9.53 Å². The van der Waals surface area contributed by atoms with Gasteiger partial charge in [-0.25, -0.2) is 4.79 Å². The minimum atomic E-state index is -0.534. The number of fused-ring (bicyclic) bond motifs is 1. The molecule has 0 bridgehead atoms. The van der Waals surface area contributed by atoms with Crippen molar-refractivity contribution in [3.05, 3.63) is 41.0 Å². The SMILES string of the molecule is COC(=O)C(=CO)c1csc2ccc(C)cc12. The van der Waals surface area contributed by atoms with Gasteiger partial charge in [0.1, 0.15) is 5.57 Å². The molecule has 1 N–H and O–H groups in total. The Hall–Kier alpha value is -1.81. The number of carbonyl (C=O) groups excluding carboxylic acids is 1. The first-order chi connectivity index (χ1) is 8.17. The molecule has 2 rings (SSSR count). The number of methoxy groups -OCH3 is 1. The van der Waals surface area contributed by atoms with Crippen molar-refractivity contribution in [1.82, 2.24) is 0 Å². The molecule has 1 aromatic heterocycles. The first kappa shape index (κ1) is 11.7. The van der Waals surface area contributed by atoms with E-state index in [1.807, 2.05) is 30.5 Å². The Kier molecular flexibility index (Phi) is 3.15. The standard InChI is InChI=1S/C13H12O3S/c1-8-3-4-12-9(5-8)11(7-17-12)10(6-14)13(15)16-2/h3-7,14H,1-2H3. The van der Waals surface area contributed by atoms with Crippen LogP contribution in [0.2, 0.25) is 0 Å². The molecule has 1 aromatic carbocycles. The zero-order valence-corrected chi connectivity index (χ0v) is 10.4. The summed E-state index contributed by atoms with van der Waals surface area (Å²) in [6.07, 6.45) is 0.801. The van der Waals surface area contributed by atoms with E-state index >= 15 is 0 Å². The fourth-order valence-corrected chi connectivity index (χ4v) is 2.63. The van der Waals surface area contributed by atoms with Gasteiger partial charge in [-0.1, -0.05) is 11.6 Å². The van der Waals surface area contributed by atoms with Crippen LogP contribution in [0.15, 0.2) is 29.8 Å². The number of esters is 1. The highest BCUT2D eigenvalue weighted by atomic mass is 32.1. The van der Waals surface area contributed by atoms with Crippen LogP contribution >= 0.6 is 11.3 Å². The fourth-order valence-electron chi connectivity index (χ4n) is 1.69. The highest BCUT2D eigenvalue weighted by Crippen LogP contribution is 2.32.